The van der Waals surface area contributed by atoms with Gasteiger partial charge in [0.05, 0.1) is 10.5 Å². The third-order valence-electron chi connectivity index (χ3n) is 3.60. The predicted octanol–water partition coefficient (Wildman–Crippen LogP) is 2.49. The summed E-state index contributed by atoms with van der Waals surface area (Å²) in [6.07, 6.45) is 7.27. The van der Waals surface area contributed by atoms with E-state index in [4.69, 9.17) is 0 Å². The Bertz CT molecular complexity index is 443. The standard InChI is InChI=1S/C13H19N3O3/c17-13(7-3-1-2-4-8-13)10-15-12-11(16(18)19)6-5-9-14-12/h5-6,9,17H,1-4,7-8,10H2,(H,14,15). The molecule has 1 fully saturated rings. The summed E-state index contributed by atoms with van der Waals surface area (Å²) in [4.78, 5) is 14.4. The largest absolute Gasteiger partial charge is 0.388 e. The number of anilines is 1. The monoisotopic (exact) mass is 265 g/mol. The molecule has 19 heavy (non-hydrogen) atoms. The smallest absolute Gasteiger partial charge is 0.311 e. The van der Waals surface area contributed by atoms with E-state index in [2.05, 4.69) is 10.3 Å². The van der Waals surface area contributed by atoms with E-state index in [9.17, 15) is 15.2 Å². The normalized spacial score (nSPS) is 18.6. The average molecular weight is 265 g/mol. The average Bonchev–Trinajstić information content (AvgIpc) is 2.62. The maximum atomic E-state index is 10.9. The quantitative estimate of drug-likeness (QED) is 0.496. The van der Waals surface area contributed by atoms with E-state index in [1.807, 2.05) is 0 Å². The van der Waals surface area contributed by atoms with Gasteiger partial charge < -0.3 is 10.4 Å². The van der Waals surface area contributed by atoms with E-state index in [0.29, 0.717) is 6.54 Å². The van der Waals surface area contributed by atoms with Crippen LogP contribution in [0.3, 0.4) is 0 Å². The van der Waals surface area contributed by atoms with Gasteiger partial charge in [0.2, 0.25) is 5.82 Å². The molecule has 0 bridgehead atoms. The van der Waals surface area contributed by atoms with Crippen LogP contribution in [0.2, 0.25) is 0 Å². The molecule has 1 aromatic heterocycles. The van der Waals surface area contributed by atoms with Crippen LogP contribution in [0.4, 0.5) is 11.5 Å². The number of aromatic nitrogens is 1. The van der Waals surface area contributed by atoms with Crippen molar-refractivity contribution >= 4 is 11.5 Å². The second-order valence-electron chi connectivity index (χ2n) is 5.12. The van der Waals surface area contributed by atoms with Crippen LogP contribution >= 0.6 is 0 Å². The molecule has 0 radical (unpaired) electrons. The Morgan fingerprint density at radius 2 is 2.05 bits per heavy atom. The first-order chi connectivity index (χ1) is 9.11. The van der Waals surface area contributed by atoms with Crippen LogP contribution in [-0.4, -0.2) is 27.2 Å². The van der Waals surface area contributed by atoms with Crippen molar-refractivity contribution in [3.05, 3.63) is 28.4 Å². The summed E-state index contributed by atoms with van der Waals surface area (Å²) in [5, 5.41) is 24.3. The van der Waals surface area contributed by atoms with Gasteiger partial charge in [-0.15, -0.1) is 0 Å². The highest BCUT2D eigenvalue weighted by Gasteiger charge is 2.28. The maximum Gasteiger partial charge on any atom is 0.311 e. The number of hydrogen-bond acceptors (Lipinski definition) is 5. The van der Waals surface area contributed by atoms with Gasteiger partial charge in [-0.1, -0.05) is 25.7 Å². The fraction of sp³-hybridized carbons (Fsp3) is 0.615. The van der Waals surface area contributed by atoms with Crippen LogP contribution in [0.15, 0.2) is 18.3 Å². The zero-order valence-corrected chi connectivity index (χ0v) is 10.8. The van der Waals surface area contributed by atoms with Crippen LogP contribution in [0.25, 0.3) is 0 Å². The first-order valence-electron chi connectivity index (χ1n) is 6.66. The number of nitrogens with one attached hydrogen (secondary N) is 1. The molecule has 0 amide bonds. The summed E-state index contributed by atoms with van der Waals surface area (Å²) >= 11 is 0. The third kappa shape index (κ3) is 3.64. The number of aliphatic hydroxyl groups is 1. The molecule has 104 valence electrons. The molecule has 0 aliphatic heterocycles. The molecule has 0 unspecified atom stereocenters. The van der Waals surface area contributed by atoms with Gasteiger partial charge in [0.15, 0.2) is 0 Å². The first kappa shape index (κ1) is 13.7. The van der Waals surface area contributed by atoms with Gasteiger partial charge in [-0.05, 0) is 18.9 Å². The minimum Gasteiger partial charge on any atom is -0.388 e. The zero-order chi connectivity index (χ0) is 13.7. The third-order valence-corrected chi connectivity index (χ3v) is 3.60. The second-order valence-corrected chi connectivity index (χ2v) is 5.12. The van der Waals surface area contributed by atoms with E-state index in [-0.39, 0.29) is 11.5 Å². The van der Waals surface area contributed by atoms with E-state index in [0.717, 1.165) is 38.5 Å². The Kier molecular flexibility index (Phi) is 4.31. The molecule has 0 aromatic carbocycles. The number of nitrogens with zero attached hydrogens (tertiary/aromatic N) is 2. The highest BCUT2D eigenvalue weighted by atomic mass is 16.6. The fourth-order valence-electron chi connectivity index (χ4n) is 2.49. The second kappa shape index (κ2) is 5.97. The van der Waals surface area contributed by atoms with Crippen LogP contribution in [0.5, 0.6) is 0 Å². The summed E-state index contributed by atoms with van der Waals surface area (Å²) in [5.41, 5.74) is -0.832. The van der Waals surface area contributed by atoms with Crippen molar-refractivity contribution in [2.75, 3.05) is 11.9 Å². The highest BCUT2D eigenvalue weighted by Crippen LogP contribution is 2.28. The molecule has 0 spiro atoms. The summed E-state index contributed by atoms with van der Waals surface area (Å²) in [6, 6.07) is 2.94. The Hall–Kier alpha value is -1.69. The van der Waals surface area contributed by atoms with Gasteiger partial charge >= 0.3 is 5.69 Å². The lowest BCUT2D eigenvalue weighted by Crippen LogP contribution is -2.36. The highest BCUT2D eigenvalue weighted by molar-refractivity contribution is 5.55. The summed E-state index contributed by atoms with van der Waals surface area (Å²) < 4.78 is 0. The Balaban J connectivity index is 2.03. The Morgan fingerprint density at radius 3 is 2.68 bits per heavy atom. The molecule has 1 heterocycles. The number of rotatable bonds is 4. The molecule has 1 aliphatic rings. The van der Waals surface area contributed by atoms with Crippen molar-refractivity contribution in [1.82, 2.24) is 4.98 Å². The molecular formula is C13H19N3O3. The van der Waals surface area contributed by atoms with E-state index in [1.165, 1.54) is 18.3 Å². The van der Waals surface area contributed by atoms with Crippen molar-refractivity contribution in [3.8, 4) is 0 Å². The molecule has 1 saturated carbocycles. The lowest BCUT2D eigenvalue weighted by atomic mass is 9.94. The molecule has 1 aliphatic carbocycles. The van der Waals surface area contributed by atoms with Crippen molar-refractivity contribution in [1.29, 1.82) is 0 Å². The van der Waals surface area contributed by atoms with E-state index in [1.54, 1.807) is 0 Å². The Morgan fingerprint density at radius 1 is 1.37 bits per heavy atom. The molecule has 2 N–H and O–H groups in total. The molecular weight excluding hydrogens is 246 g/mol. The minimum atomic E-state index is -0.776. The van der Waals surface area contributed by atoms with Crippen molar-refractivity contribution < 1.29 is 10.0 Å². The zero-order valence-electron chi connectivity index (χ0n) is 10.8. The Labute approximate surface area is 112 Å². The van der Waals surface area contributed by atoms with Gasteiger partial charge in [0.25, 0.3) is 0 Å². The molecule has 0 atom stereocenters. The molecule has 0 saturated heterocycles. The van der Waals surface area contributed by atoms with Gasteiger partial charge in [0, 0.05) is 18.8 Å². The van der Waals surface area contributed by atoms with Gasteiger partial charge in [-0.3, -0.25) is 10.1 Å². The van der Waals surface area contributed by atoms with Gasteiger partial charge in [-0.2, -0.15) is 0 Å². The van der Waals surface area contributed by atoms with Gasteiger partial charge in [0.1, 0.15) is 0 Å². The SMILES string of the molecule is O=[N+]([O-])c1cccnc1NCC1(O)CCCCCC1. The summed E-state index contributed by atoms with van der Waals surface area (Å²) in [5.74, 6) is 0.227. The van der Waals surface area contributed by atoms with Crippen LogP contribution in [0.1, 0.15) is 38.5 Å². The maximum absolute atomic E-state index is 10.9. The van der Waals surface area contributed by atoms with Crippen LogP contribution in [-0.2, 0) is 0 Å². The molecule has 2 rings (SSSR count). The number of nitro groups is 1. The van der Waals surface area contributed by atoms with E-state index >= 15 is 0 Å². The number of pyridine rings is 1. The minimum absolute atomic E-state index is 0.0558. The fourth-order valence-corrected chi connectivity index (χ4v) is 2.49. The molecule has 6 heteroatoms. The lowest BCUT2D eigenvalue weighted by molar-refractivity contribution is -0.384. The van der Waals surface area contributed by atoms with Crippen LogP contribution < -0.4 is 5.32 Å². The lowest BCUT2D eigenvalue weighted by Gasteiger charge is -2.26. The van der Waals surface area contributed by atoms with Crippen molar-refractivity contribution in [2.45, 2.75) is 44.1 Å². The van der Waals surface area contributed by atoms with Crippen LogP contribution in [0, 0.1) is 10.1 Å². The molecule has 6 nitrogen and oxygen atoms in total. The van der Waals surface area contributed by atoms with E-state index < -0.39 is 10.5 Å². The number of hydrogen-bond donors (Lipinski definition) is 2. The van der Waals surface area contributed by atoms with Gasteiger partial charge in [-0.25, -0.2) is 4.98 Å². The summed E-state index contributed by atoms with van der Waals surface area (Å²) in [6.45, 7) is 0.310. The molecule has 1 aromatic rings. The predicted molar refractivity (Wildman–Crippen MR) is 72.0 cm³/mol. The summed E-state index contributed by atoms with van der Waals surface area (Å²) in [7, 11) is 0. The van der Waals surface area contributed by atoms with Crippen molar-refractivity contribution in [2.24, 2.45) is 0 Å². The van der Waals surface area contributed by atoms with Crippen molar-refractivity contribution in [3.63, 3.8) is 0 Å². The first-order valence-corrected chi connectivity index (χ1v) is 6.66. The topological polar surface area (TPSA) is 88.3 Å².